The number of nitrogens with one attached hydrogen (secondary N) is 1. The third-order valence-electron chi connectivity index (χ3n) is 4.12. The summed E-state index contributed by atoms with van der Waals surface area (Å²) in [5, 5.41) is 2.34. The van der Waals surface area contributed by atoms with Gasteiger partial charge in [-0.25, -0.2) is 0 Å². The average Bonchev–Trinajstić information content (AvgIpc) is 2.94. The van der Waals surface area contributed by atoms with Crippen LogP contribution in [0.3, 0.4) is 0 Å². The van der Waals surface area contributed by atoms with Gasteiger partial charge < -0.3 is 14.2 Å². The van der Waals surface area contributed by atoms with Crippen LogP contribution in [0.25, 0.3) is 12.2 Å². The fourth-order valence-electron chi connectivity index (χ4n) is 2.84. The van der Waals surface area contributed by atoms with Crippen molar-refractivity contribution in [3.63, 3.8) is 0 Å². The summed E-state index contributed by atoms with van der Waals surface area (Å²) in [6.07, 6.45) is 3.31. The van der Waals surface area contributed by atoms with Crippen molar-refractivity contribution >= 4 is 24.0 Å². The van der Waals surface area contributed by atoms with Crippen LogP contribution in [-0.4, -0.2) is 33.1 Å². The van der Waals surface area contributed by atoms with Gasteiger partial charge in [-0.15, -0.1) is 0 Å². The molecule has 0 atom stereocenters. The highest BCUT2D eigenvalue weighted by Crippen LogP contribution is 2.39. The third kappa shape index (κ3) is 3.69. The van der Waals surface area contributed by atoms with E-state index in [9.17, 15) is 9.59 Å². The Hall–Kier alpha value is -3.54. The predicted octanol–water partition coefficient (Wildman–Crippen LogP) is 2.84. The minimum atomic E-state index is -0.448. The molecule has 27 heavy (non-hydrogen) atoms. The van der Waals surface area contributed by atoms with Crippen LogP contribution in [0, 0.1) is 0 Å². The van der Waals surface area contributed by atoms with Gasteiger partial charge in [-0.3, -0.25) is 14.9 Å². The minimum absolute atomic E-state index is 0.276. The summed E-state index contributed by atoms with van der Waals surface area (Å²) in [5.74, 6) is 0.497. The monoisotopic (exact) mass is 365 g/mol. The van der Waals surface area contributed by atoms with E-state index in [1.54, 1.807) is 24.3 Å². The zero-order valence-corrected chi connectivity index (χ0v) is 15.2. The van der Waals surface area contributed by atoms with Crippen molar-refractivity contribution in [3.05, 3.63) is 64.7 Å². The summed E-state index contributed by atoms with van der Waals surface area (Å²) in [5.41, 5.74) is 2.05. The number of methoxy groups -OCH3 is 3. The number of amides is 2. The van der Waals surface area contributed by atoms with E-state index in [4.69, 9.17) is 14.2 Å². The molecule has 0 unspecified atom stereocenters. The molecule has 1 aliphatic rings. The Balaban J connectivity index is 2.10. The normalized spacial score (nSPS) is 16.6. The Kier molecular flexibility index (Phi) is 5.26. The summed E-state index contributed by atoms with van der Waals surface area (Å²) in [7, 11) is 4.55. The minimum Gasteiger partial charge on any atom is -0.493 e. The highest BCUT2D eigenvalue weighted by molar-refractivity contribution is 6.28. The van der Waals surface area contributed by atoms with Crippen molar-refractivity contribution in [1.82, 2.24) is 5.32 Å². The molecule has 0 aromatic heterocycles. The van der Waals surface area contributed by atoms with Crippen LogP contribution in [0.4, 0.5) is 0 Å². The average molecular weight is 365 g/mol. The van der Waals surface area contributed by atoms with Crippen molar-refractivity contribution < 1.29 is 23.8 Å². The summed E-state index contributed by atoms with van der Waals surface area (Å²) >= 11 is 0. The maximum Gasteiger partial charge on any atom is 0.258 e. The number of carbonyl (C=O) groups excluding carboxylic acids is 2. The number of imide groups is 1. The van der Waals surface area contributed by atoms with E-state index < -0.39 is 11.8 Å². The lowest BCUT2D eigenvalue weighted by atomic mass is 10.0. The van der Waals surface area contributed by atoms with Crippen molar-refractivity contribution in [1.29, 1.82) is 0 Å². The lowest BCUT2D eigenvalue weighted by Gasteiger charge is -2.13. The molecule has 0 radical (unpaired) electrons. The molecule has 1 heterocycles. The molecule has 6 heteroatoms. The van der Waals surface area contributed by atoms with Gasteiger partial charge in [0.05, 0.1) is 32.5 Å². The summed E-state index contributed by atoms with van der Waals surface area (Å²) < 4.78 is 16.0. The van der Waals surface area contributed by atoms with Gasteiger partial charge in [-0.2, -0.15) is 0 Å². The van der Waals surface area contributed by atoms with E-state index in [1.165, 1.54) is 21.3 Å². The zero-order valence-electron chi connectivity index (χ0n) is 15.2. The topological polar surface area (TPSA) is 73.9 Å². The summed E-state index contributed by atoms with van der Waals surface area (Å²) in [6, 6.07) is 12.8. The van der Waals surface area contributed by atoms with Crippen molar-refractivity contribution in [3.8, 4) is 17.2 Å². The molecule has 3 rings (SSSR count). The van der Waals surface area contributed by atoms with Crippen LogP contribution in [-0.2, 0) is 9.59 Å². The first kappa shape index (κ1) is 18.3. The Bertz CT molecular complexity index is 919. The molecule has 0 spiro atoms. The van der Waals surface area contributed by atoms with E-state index in [1.807, 2.05) is 30.3 Å². The first-order valence-corrected chi connectivity index (χ1v) is 8.22. The number of carbonyl (C=O) groups is 2. The quantitative estimate of drug-likeness (QED) is 0.651. The molecule has 2 amide bonds. The van der Waals surface area contributed by atoms with Gasteiger partial charge in [0.2, 0.25) is 5.75 Å². The second kappa shape index (κ2) is 7.78. The molecule has 2 aromatic rings. The second-order valence-corrected chi connectivity index (χ2v) is 5.77. The smallest absolute Gasteiger partial charge is 0.258 e. The van der Waals surface area contributed by atoms with Crippen LogP contribution in [0.5, 0.6) is 17.2 Å². The van der Waals surface area contributed by atoms with E-state index in [0.717, 1.165) is 5.56 Å². The second-order valence-electron chi connectivity index (χ2n) is 5.77. The molecular formula is C21H19NO5. The van der Waals surface area contributed by atoms with Gasteiger partial charge in [0.15, 0.2) is 11.5 Å². The van der Waals surface area contributed by atoms with Crippen molar-refractivity contribution in [2.24, 2.45) is 0 Å². The highest BCUT2D eigenvalue weighted by atomic mass is 16.5. The fraction of sp³-hybridized carbons (Fsp3) is 0.143. The molecule has 6 nitrogen and oxygen atoms in total. The Morgan fingerprint density at radius 3 is 1.74 bits per heavy atom. The van der Waals surface area contributed by atoms with Crippen LogP contribution < -0.4 is 19.5 Å². The molecule has 2 aromatic carbocycles. The number of hydrogen-bond donors (Lipinski definition) is 1. The first-order chi connectivity index (χ1) is 13.1. The van der Waals surface area contributed by atoms with Gasteiger partial charge in [0, 0.05) is 0 Å². The summed E-state index contributed by atoms with van der Waals surface area (Å²) in [6.45, 7) is 0. The molecular weight excluding hydrogens is 346 g/mol. The van der Waals surface area contributed by atoms with E-state index in [2.05, 4.69) is 5.32 Å². The Labute approximate surface area is 157 Å². The maximum absolute atomic E-state index is 12.3. The molecule has 1 saturated heterocycles. The highest BCUT2D eigenvalue weighted by Gasteiger charge is 2.30. The van der Waals surface area contributed by atoms with Crippen LogP contribution in [0.1, 0.15) is 11.1 Å². The number of ether oxygens (including phenoxy) is 3. The van der Waals surface area contributed by atoms with Gasteiger partial charge in [0.25, 0.3) is 11.8 Å². The number of benzene rings is 2. The molecule has 1 N–H and O–H groups in total. The fourth-order valence-corrected chi connectivity index (χ4v) is 2.84. The first-order valence-electron chi connectivity index (χ1n) is 8.22. The van der Waals surface area contributed by atoms with Crippen molar-refractivity contribution in [2.45, 2.75) is 0 Å². The number of rotatable bonds is 5. The molecule has 0 saturated carbocycles. The largest absolute Gasteiger partial charge is 0.493 e. The van der Waals surface area contributed by atoms with Gasteiger partial charge in [0.1, 0.15) is 0 Å². The van der Waals surface area contributed by atoms with E-state index in [0.29, 0.717) is 28.4 Å². The Morgan fingerprint density at radius 2 is 1.26 bits per heavy atom. The van der Waals surface area contributed by atoms with Gasteiger partial charge >= 0.3 is 0 Å². The van der Waals surface area contributed by atoms with E-state index >= 15 is 0 Å². The molecule has 0 aliphatic carbocycles. The summed E-state index contributed by atoms with van der Waals surface area (Å²) in [4.78, 5) is 24.5. The molecule has 1 aliphatic heterocycles. The van der Waals surface area contributed by atoms with Gasteiger partial charge in [-0.1, -0.05) is 30.3 Å². The maximum atomic E-state index is 12.3. The van der Waals surface area contributed by atoms with Crippen molar-refractivity contribution in [2.75, 3.05) is 21.3 Å². The van der Waals surface area contributed by atoms with Crippen LogP contribution in [0.2, 0.25) is 0 Å². The lowest BCUT2D eigenvalue weighted by Crippen LogP contribution is -2.19. The van der Waals surface area contributed by atoms with Crippen LogP contribution in [0.15, 0.2) is 53.6 Å². The standard InChI is InChI=1S/C21H19NO5/c1-25-17-11-14(12-18(26-2)19(17)27-3)10-16-15(20(23)22-21(16)24)9-13-7-5-4-6-8-13/h4-12H,1-3H3,(H,22,23,24)/b15-9+,16-10?. The Morgan fingerprint density at radius 1 is 0.741 bits per heavy atom. The molecule has 0 bridgehead atoms. The SMILES string of the molecule is COc1cc(C=C2C(=O)NC(=O)/C2=C/c2ccccc2)cc(OC)c1OC. The predicted molar refractivity (Wildman–Crippen MR) is 102 cm³/mol. The lowest BCUT2D eigenvalue weighted by molar-refractivity contribution is -0.123. The van der Waals surface area contributed by atoms with Gasteiger partial charge in [-0.05, 0) is 35.4 Å². The van der Waals surface area contributed by atoms with E-state index in [-0.39, 0.29) is 5.57 Å². The molecule has 138 valence electrons. The van der Waals surface area contributed by atoms with Crippen LogP contribution >= 0.6 is 0 Å². The molecule has 1 fully saturated rings. The zero-order chi connectivity index (χ0) is 19.4. The third-order valence-corrected chi connectivity index (χ3v) is 4.12. The number of hydrogen-bond acceptors (Lipinski definition) is 5.